The number of nitrogens with zero attached hydrogens (tertiary/aromatic N) is 2. The van der Waals surface area contributed by atoms with Gasteiger partial charge >= 0.3 is 0 Å². The van der Waals surface area contributed by atoms with Gasteiger partial charge in [-0.1, -0.05) is 120 Å². The largest absolute Gasteiger partial charge is 0.309 e. The van der Waals surface area contributed by atoms with Gasteiger partial charge in [0.15, 0.2) is 0 Å². The minimum Gasteiger partial charge on any atom is -0.309 e. The summed E-state index contributed by atoms with van der Waals surface area (Å²) in [6, 6.07) is 53.8. The van der Waals surface area contributed by atoms with Gasteiger partial charge in [-0.05, 0) is 47.5 Å². The number of thiazole rings is 1. The second-order valence-corrected chi connectivity index (χ2v) is 12.9. The highest BCUT2D eigenvalue weighted by Crippen LogP contribution is 2.56. The van der Waals surface area contributed by atoms with Gasteiger partial charge in [-0.2, -0.15) is 0 Å². The lowest BCUT2D eigenvalue weighted by Gasteiger charge is -2.22. The van der Waals surface area contributed by atoms with E-state index in [4.69, 9.17) is 4.76 Å². The molecule has 0 spiro atoms. The van der Waals surface area contributed by atoms with Crippen molar-refractivity contribution < 1.29 is 0 Å². The standard InChI is InChI=1S/C34H28N2PS/c1-6-16-28(17-7-1)26-36-33(29-18-8-2-9-19-29)27-38-34(36)35-37(30-20-10-3-11-21-30,31-22-12-4-13-23-31)32-24-14-5-15-25-32/h1-25,27H,26H2/q+1/b35-34-. The van der Waals surface area contributed by atoms with E-state index in [0.717, 1.165) is 11.3 Å². The molecule has 0 aliphatic rings. The lowest BCUT2D eigenvalue weighted by Crippen LogP contribution is -2.32. The minimum atomic E-state index is -2.37. The predicted molar refractivity (Wildman–Crippen MR) is 164 cm³/mol. The summed E-state index contributed by atoms with van der Waals surface area (Å²) in [6.45, 7) is 0.756. The van der Waals surface area contributed by atoms with Crippen molar-refractivity contribution in [1.29, 1.82) is 0 Å². The van der Waals surface area contributed by atoms with Gasteiger partial charge in [0.2, 0.25) is 12.2 Å². The van der Waals surface area contributed by atoms with E-state index in [2.05, 4.69) is 162 Å². The molecule has 0 aliphatic carbocycles. The van der Waals surface area contributed by atoms with Gasteiger partial charge in [-0.3, -0.25) is 0 Å². The van der Waals surface area contributed by atoms with Crippen LogP contribution in [0.15, 0.2) is 162 Å². The molecule has 0 saturated carbocycles. The smallest absolute Gasteiger partial charge is 0.233 e. The van der Waals surface area contributed by atoms with Gasteiger partial charge in [-0.25, -0.2) is 0 Å². The second kappa shape index (κ2) is 11.1. The van der Waals surface area contributed by atoms with Crippen molar-refractivity contribution in [2.75, 3.05) is 0 Å². The zero-order valence-corrected chi connectivity index (χ0v) is 22.7. The maximum atomic E-state index is 5.84. The fourth-order valence-electron chi connectivity index (χ4n) is 4.85. The summed E-state index contributed by atoms with van der Waals surface area (Å²) in [4.78, 5) is 1.03. The fourth-order valence-corrected chi connectivity index (χ4v) is 9.59. The van der Waals surface area contributed by atoms with Crippen LogP contribution in [0.5, 0.6) is 0 Å². The number of benzene rings is 5. The molecule has 0 amide bonds. The zero-order valence-electron chi connectivity index (χ0n) is 21.0. The van der Waals surface area contributed by atoms with E-state index >= 15 is 0 Å². The molecule has 38 heavy (non-hydrogen) atoms. The zero-order chi connectivity index (χ0) is 25.6. The molecule has 0 bridgehead atoms. The second-order valence-electron chi connectivity index (χ2n) is 9.08. The molecular weight excluding hydrogens is 499 g/mol. The summed E-state index contributed by atoms with van der Waals surface area (Å²) < 4.78 is 8.22. The third-order valence-electron chi connectivity index (χ3n) is 6.68. The Morgan fingerprint density at radius 3 is 1.42 bits per heavy atom. The van der Waals surface area contributed by atoms with Crippen LogP contribution >= 0.6 is 18.7 Å². The maximum absolute atomic E-state index is 5.84. The summed E-state index contributed by atoms with van der Waals surface area (Å²) in [5.41, 5.74) is 3.64. The molecule has 0 unspecified atom stereocenters. The van der Waals surface area contributed by atoms with Crippen molar-refractivity contribution in [2.24, 2.45) is 4.76 Å². The first-order valence-corrected chi connectivity index (χ1v) is 15.4. The Hall–Kier alpha value is -4.04. The molecule has 2 nitrogen and oxygen atoms in total. The van der Waals surface area contributed by atoms with E-state index < -0.39 is 7.41 Å². The van der Waals surface area contributed by atoms with Crippen LogP contribution in [-0.2, 0) is 6.54 Å². The Kier molecular flexibility index (Phi) is 7.13. The third kappa shape index (κ3) is 4.79. The lowest BCUT2D eigenvalue weighted by molar-refractivity contribution is 0.782. The van der Waals surface area contributed by atoms with Crippen LogP contribution in [0.25, 0.3) is 11.3 Å². The van der Waals surface area contributed by atoms with Crippen LogP contribution in [-0.4, -0.2) is 4.57 Å². The topological polar surface area (TPSA) is 17.3 Å². The van der Waals surface area contributed by atoms with Crippen molar-refractivity contribution in [3.05, 3.63) is 167 Å². The molecule has 0 aliphatic heterocycles. The Labute approximate surface area is 228 Å². The van der Waals surface area contributed by atoms with Crippen molar-refractivity contribution >= 4 is 34.7 Å². The van der Waals surface area contributed by atoms with E-state index in [1.165, 1.54) is 32.7 Å². The van der Waals surface area contributed by atoms with Crippen LogP contribution in [0, 0.1) is 0 Å². The van der Waals surface area contributed by atoms with Crippen molar-refractivity contribution in [3.63, 3.8) is 0 Å². The van der Waals surface area contributed by atoms with Crippen LogP contribution in [0.1, 0.15) is 5.56 Å². The average Bonchev–Trinajstić information content (AvgIpc) is 3.39. The molecule has 0 radical (unpaired) electrons. The molecule has 0 fully saturated rings. The number of hydrogen-bond donors (Lipinski definition) is 0. The van der Waals surface area contributed by atoms with E-state index in [-0.39, 0.29) is 0 Å². The summed E-state index contributed by atoms with van der Waals surface area (Å²) in [6.07, 6.45) is 0. The lowest BCUT2D eigenvalue weighted by atomic mass is 10.1. The minimum absolute atomic E-state index is 0.756. The van der Waals surface area contributed by atoms with Gasteiger partial charge in [0, 0.05) is 5.38 Å². The van der Waals surface area contributed by atoms with Gasteiger partial charge in [0.1, 0.15) is 15.9 Å². The van der Waals surface area contributed by atoms with Gasteiger partial charge in [-0.15, -0.1) is 11.3 Å². The van der Waals surface area contributed by atoms with E-state index in [1.54, 1.807) is 11.3 Å². The summed E-state index contributed by atoms with van der Waals surface area (Å²) in [5.74, 6) is 0. The molecule has 4 heteroatoms. The van der Waals surface area contributed by atoms with Crippen molar-refractivity contribution in [2.45, 2.75) is 6.54 Å². The monoisotopic (exact) mass is 527 g/mol. The molecule has 5 aromatic carbocycles. The summed E-state index contributed by atoms with van der Waals surface area (Å²) in [7, 11) is -2.37. The van der Waals surface area contributed by atoms with E-state index in [9.17, 15) is 0 Å². The molecule has 0 saturated heterocycles. The molecule has 1 heterocycles. The first-order chi connectivity index (χ1) is 18.8. The molecule has 6 aromatic rings. The molecular formula is C34H28N2PS+. The highest BCUT2D eigenvalue weighted by atomic mass is 32.1. The maximum Gasteiger partial charge on any atom is 0.233 e. The van der Waals surface area contributed by atoms with Crippen LogP contribution in [0.2, 0.25) is 0 Å². The number of aromatic nitrogens is 1. The normalized spacial score (nSPS) is 11.9. The van der Waals surface area contributed by atoms with E-state index in [1.807, 2.05) is 0 Å². The summed E-state index contributed by atoms with van der Waals surface area (Å²) in [5, 5.41) is 6.00. The Bertz CT molecular complexity index is 1560. The Morgan fingerprint density at radius 2 is 0.947 bits per heavy atom. The summed E-state index contributed by atoms with van der Waals surface area (Å²) >= 11 is 1.73. The average molecular weight is 528 g/mol. The predicted octanol–water partition coefficient (Wildman–Crippen LogP) is 7.07. The highest BCUT2D eigenvalue weighted by molar-refractivity contribution is 7.94. The molecule has 0 atom stereocenters. The Morgan fingerprint density at radius 1 is 0.526 bits per heavy atom. The molecule has 6 rings (SSSR count). The quantitative estimate of drug-likeness (QED) is 0.198. The third-order valence-corrected chi connectivity index (χ3v) is 11.3. The van der Waals surface area contributed by atoms with Crippen molar-refractivity contribution in [1.82, 2.24) is 4.57 Å². The molecule has 184 valence electrons. The molecule has 1 aromatic heterocycles. The van der Waals surface area contributed by atoms with Crippen molar-refractivity contribution in [3.8, 4) is 11.3 Å². The van der Waals surface area contributed by atoms with E-state index in [0.29, 0.717) is 0 Å². The van der Waals surface area contributed by atoms with Crippen LogP contribution in [0.4, 0.5) is 0 Å². The van der Waals surface area contributed by atoms with Crippen LogP contribution < -0.4 is 20.7 Å². The van der Waals surface area contributed by atoms with Gasteiger partial charge in [0.25, 0.3) is 0 Å². The SMILES string of the molecule is c1ccc(Cn2c(-c3ccccc3)cs/c2=N\[P+](c2ccccc2)(c2ccccc2)c2ccccc2)cc1. The first-order valence-electron chi connectivity index (χ1n) is 12.7. The number of rotatable bonds is 7. The Balaban J connectivity index is 1.68. The van der Waals surface area contributed by atoms with Crippen LogP contribution in [0.3, 0.4) is 0 Å². The highest BCUT2D eigenvalue weighted by Gasteiger charge is 2.46. The molecule has 0 N–H and O–H groups in total. The van der Waals surface area contributed by atoms with Gasteiger partial charge < -0.3 is 4.57 Å². The number of hydrogen-bond acceptors (Lipinski definition) is 2. The fraction of sp³-hybridized carbons (Fsp3) is 0.0294. The first kappa shape index (κ1) is 24.3. The van der Waals surface area contributed by atoms with Gasteiger partial charge in [0.05, 0.1) is 12.2 Å².